The molecule has 7 heteroatoms. The summed E-state index contributed by atoms with van der Waals surface area (Å²) < 4.78 is 15.7. The molecule has 0 saturated carbocycles. The minimum Gasteiger partial charge on any atom is -0.497 e. The van der Waals surface area contributed by atoms with Crippen LogP contribution in [-0.2, 0) is 4.74 Å². The number of anilines is 1. The lowest BCUT2D eigenvalue weighted by atomic mass is 10.1. The molecule has 6 nitrogen and oxygen atoms in total. The van der Waals surface area contributed by atoms with Gasteiger partial charge in [-0.3, -0.25) is 0 Å². The fraction of sp³-hybridized carbons (Fsp3) is 0.300. The molecule has 2 aromatic rings. The number of hydrogen-bond acceptors (Lipinski definition) is 5. The Balaban J connectivity index is 1.88. The number of rotatable bonds is 7. The molecular formula is C20H24N2O4S. The van der Waals surface area contributed by atoms with E-state index in [1.807, 2.05) is 44.2 Å². The predicted molar refractivity (Wildman–Crippen MR) is 110 cm³/mol. The first-order valence-corrected chi connectivity index (χ1v) is 8.87. The minimum absolute atomic E-state index is 0.0174. The van der Waals surface area contributed by atoms with Crippen LogP contribution in [-0.4, -0.2) is 38.0 Å². The number of thiocarbonyl (C=S) groups is 1. The third-order valence-electron chi connectivity index (χ3n) is 3.92. The molecule has 1 atom stereocenters. The number of benzene rings is 2. The molecule has 0 aliphatic rings. The van der Waals surface area contributed by atoms with Crippen molar-refractivity contribution in [2.24, 2.45) is 0 Å². The average Bonchev–Trinajstić information content (AvgIpc) is 2.67. The van der Waals surface area contributed by atoms with E-state index in [4.69, 9.17) is 26.4 Å². The van der Waals surface area contributed by atoms with Crippen LogP contribution in [0.4, 0.5) is 5.69 Å². The van der Waals surface area contributed by atoms with E-state index in [0.717, 1.165) is 22.7 Å². The highest BCUT2D eigenvalue weighted by molar-refractivity contribution is 7.80. The number of ether oxygens (including phenoxy) is 3. The predicted octanol–water partition coefficient (Wildman–Crippen LogP) is 3.54. The van der Waals surface area contributed by atoms with E-state index >= 15 is 0 Å². The van der Waals surface area contributed by atoms with Crippen LogP contribution in [0.15, 0.2) is 42.5 Å². The van der Waals surface area contributed by atoms with Crippen LogP contribution in [0.25, 0.3) is 0 Å². The number of carbonyl (C=O) groups is 1. The topological polar surface area (TPSA) is 68.8 Å². The Hall–Kier alpha value is -2.80. The highest BCUT2D eigenvalue weighted by Crippen LogP contribution is 2.20. The van der Waals surface area contributed by atoms with Crippen molar-refractivity contribution in [1.82, 2.24) is 5.32 Å². The van der Waals surface area contributed by atoms with E-state index in [9.17, 15) is 4.79 Å². The summed E-state index contributed by atoms with van der Waals surface area (Å²) in [6.45, 7) is 4.25. The van der Waals surface area contributed by atoms with Gasteiger partial charge in [-0.05, 0) is 68.0 Å². The van der Waals surface area contributed by atoms with Crippen molar-refractivity contribution in [3.8, 4) is 11.5 Å². The van der Waals surface area contributed by atoms with Crippen LogP contribution in [0.1, 0.15) is 22.8 Å². The van der Waals surface area contributed by atoms with Gasteiger partial charge in [-0.25, -0.2) is 4.79 Å². The van der Waals surface area contributed by atoms with Crippen molar-refractivity contribution >= 4 is 29.0 Å². The Morgan fingerprint density at radius 2 is 1.78 bits per heavy atom. The molecule has 144 valence electrons. The van der Waals surface area contributed by atoms with E-state index in [-0.39, 0.29) is 12.0 Å². The summed E-state index contributed by atoms with van der Waals surface area (Å²) >= 11 is 5.36. The van der Waals surface area contributed by atoms with Gasteiger partial charge in [-0.15, -0.1) is 0 Å². The average molecular weight is 388 g/mol. The number of nitrogens with one attached hydrogen (secondary N) is 2. The van der Waals surface area contributed by atoms with E-state index in [0.29, 0.717) is 17.3 Å². The highest BCUT2D eigenvalue weighted by atomic mass is 32.1. The lowest BCUT2D eigenvalue weighted by Crippen LogP contribution is -2.39. The first-order chi connectivity index (χ1) is 12.9. The van der Waals surface area contributed by atoms with Crippen molar-refractivity contribution in [3.63, 3.8) is 0 Å². The molecule has 0 heterocycles. The Labute approximate surface area is 164 Å². The van der Waals surface area contributed by atoms with Crippen LogP contribution < -0.4 is 20.1 Å². The monoisotopic (exact) mass is 388 g/mol. The molecule has 0 spiro atoms. The molecule has 27 heavy (non-hydrogen) atoms. The fourth-order valence-electron chi connectivity index (χ4n) is 2.42. The zero-order chi connectivity index (χ0) is 19.8. The van der Waals surface area contributed by atoms with Gasteiger partial charge in [0.15, 0.2) is 5.11 Å². The number of esters is 1. The molecule has 0 aromatic heterocycles. The molecule has 0 aliphatic carbocycles. The Morgan fingerprint density at radius 3 is 2.41 bits per heavy atom. The van der Waals surface area contributed by atoms with Crippen molar-refractivity contribution < 1.29 is 19.0 Å². The molecule has 0 fully saturated rings. The molecule has 2 rings (SSSR count). The van der Waals surface area contributed by atoms with Gasteiger partial charge >= 0.3 is 5.97 Å². The quantitative estimate of drug-likeness (QED) is 0.555. The molecule has 0 radical (unpaired) electrons. The van der Waals surface area contributed by atoms with Gasteiger partial charge in [0.25, 0.3) is 0 Å². The third kappa shape index (κ3) is 5.86. The van der Waals surface area contributed by atoms with E-state index < -0.39 is 0 Å². The molecule has 0 amide bonds. The summed E-state index contributed by atoms with van der Waals surface area (Å²) in [5.74, 6) is 1.16. The minimum atomic E-state index is -0.378. The summed E-state index contributed by atoms with van der Waals surface area (Å²) in [4.78, 5) is 11.8. The van der Waals surface area contributed by atoms with Gasteiger partial charge in [0.2, 0.25) is 0 Å². The van der Waals surface area contributed by atoms with Crippen molar-refractivity contribution in [2.45, 2.75) is 19.9 Å². The van der Waals surface area contributed by atoms with Crippen molar-refractivity contribution in [3.05, 3.63) is 53.6 Å². The lowest BCUT2D eigenvalue weighted by Gasteiger charge is -2.19. The maximum atomic E-state index is 11.8. The second-order valence-electron chi connectivity index (χ2n) is 5.96. The number of methoxy groups -OCH3 is 2. The smallest absolute Gasteiger partial charge is 0.338 e. The highest BCUT2D eigenvalue weighted by Gasteiger charge is 2.13. The van der Waals surface area contributed by atoms with Crippen molar-refractivity contribution in [1.29, 1.82) is 0 Å². The van der Waals surface area contributed by atoms with Crippen LogP contribution in [0.2, 0.25) is 0 Å². The zero-order valence-corrected chi connectivity index (χ0v) is 16.7. The summed E-state index contributed by atoms with van der Waals surface area (Å²) in [5, 5.41) is 6.73. The summed E-state index contributed by atoms with van der Waals surface area (Å²) in [5.41, 5.74) is 2.02. The largest absolute Gasteiger partial charge is 0.497 e. The maximum Gasteiger partial charge on any atom is 0.338 e. The van der Waals surface area contributed by atoms with Gasteiger partial charge in [0.1, 0.15) is 18.1 Å². The van der Waals surface area contributed by atoms with Crippen LogP contribution in [0.3, 0.4) is 0 Å². The van der Waals surface area contributed by atoms with Crippen LogP contribution in [0, 0.1) is 6.92 Å². The first kappa shape index (κ1) is 20.5. The summed E-state index contributed by atoms with van der Waals surface area (Å²) in [7, 11) is 2.98. The molecule has 2 N–H and O–H groups in total. The van der Waals surface area contributed by atoms with E-state index in [2.05, 4.69) is 10.6 Å². The number of carbonyl (C=O) groups excluding carboxylic acids is 1. The van der Waals surface area contributed by atoms with Gasteiger partial charge in [0, 0.05) is 5.69 Å². The lowest BCUT2D eigenvalue weighted by molar-refractivity contribution is 0.0600. The van der Waals surface area contributed by atoms with Gasteiger partial charge in [-0.2, -0.15) is 0 Å². The molecule has 0 bridgehead atoms. The Bertz CT molecular complexity index is 793. The van der Waals surface area contributed by atoms with Crippen LogP contribution >= 0.6 is 12.2 Å². The Kier molecular flexibility index (Phi) is 7.43. The summed E-state index contributed by atoms with van der Waals surface area (Å²) in [6, 6.07) is 12.7. The van der Waals surface area contributed by atoms with Crippen molar-refractivity contribution in [2.75, 3.05) is 26.1 Å². The molecule has 0 aliphatic heterocycles. The molecule has 2 aromatic carbocycles. The van der Waals surface area contributed by atoms with E-state index in [1.54, 1.807) is 19.2 Å². The standard InChI is InChI=1S/C20H24N2O4S/c1-13(12-26-16-10-8-15(24-3)9-11-16)21-20(27)22-18-7-5-6-17(14(18)2)19(23)25-4/h5-11,13H,12H2,1-4H3,(H2,21,22,27)/t13-/m1/s1. The number of hydrogen-bond donors (Lipinski definition) is 2. The molecule has 0 unspecified atom stereocenters. The molecular weight excluding hydrogens is 364 g/mol. The SMILES string of the molecule is COC(=O)c1cccc(NC(=S)N[C@H](C)COc2ccc(OC)cc2)c1C. The second-order valence-corrected chi connectivity index (χ2v) is 6.36. The second kappa shape index (κ2) is 9.78. The Morgan fingerprint density at radius 1 is 1.11 bits per heavy atom. The van der Waals surface area contributed by atoms with Crippen LogP contribution in [0.5, 0.6) is 11.5 Å². The first-order valence-electron chi connectivity index (χ1n) is 8.47. The van der Waals surface area contributed by atoms with Gasteiger partial charge in [0.05, 0.1) is 25.8 Å². The maximum absolute atomic E-state index is 11.8. The van der Waals surface area contributed by atoms with Gasteiger partial charge < -0.3 is 24.8 Å². The summed E-state index contributed by atoms with van der Waals surface area (Å²) in [6.07, 6.45) is 0. The fourth-order valence-corrected chi connectivity index (χ4v) is 2.73. The van der Waals surface area contributed by atoms with Gasteiger partial charge in [-0.1, -0.05) is 6.07 Å². The van der Waals surface area contributed by atoms with E-state index in [1.165, 1.54) is 7.11 Å². The third-order valence-corrected chi connectivity index (χ3v) is 4.14. The molecule has 0 saturated heterocycles. The normalized spacial score (nSPS) is 11.3. The zero-order valence-electron chi connectivity index (χ0n) is 15.9.